The van der Waals surface area contributed by atoms with Crippen LogP contribution in [-0.2, 0) is 0 Å². The molecule has 0 saturated carbocycles. The molecule has 7 heteroatoms. The quantitative estimate of drug-likeness (QED) is 0.508. The van der Waals surface area contributed by atoms with Crippen molar-refractivity contribution < 1.29 is 14.8 Å². The largest absolute Gasteiger partial charge is 0.432 e. The number of anilines is 1. The molecule has 2 rings (SSSR count). The Morgan fingerprint density at radius 3 is 2.93 bits per heavy atom. The van der Waals surface area contributed by atoms with Crippen LogP contribution in [0.5, 0.6) is 0 Å². The van der Waals surface area contributed by atoms with Crippen LogP contribution in [0.15, 0.2) is 27.8 Å². The van der Waals surface area contributed by atoms with Gasteiger partial charge in [-0.05, 0) is 23.4 Å². The third-order valence-electron chi connectivity index (χ3n) is 1.76. The molecular weight excluding hydrogens is 222 g/mol. The lowest BCUT2D eigenvalue weighted by Crippen LogP contribution is -2.11. The van der Waals surface area contributed by atoms with Crippen LogP contribution in [0.3, 0.4) is 0 Å². The van der Waals surface area contributed by atoms with Gasteiger partial charge in [-0.15, -0.1) is 0 Å². The summed E-state index contributed by atoms with van der Waals surface area (Å²) in [6.45, 7) is 0. The second-order valence-corrected chi connectivity index (χ2v) is 3.13. The molecule has 3 N–H and O–H groups in total. The molecule has 6 nitrogen and oxygen atoms in total. The zero-order valence-electron chi connectivity index (χ0n) is 7.31. The zero-order valence-corrected chi connectivity index (χ0v) is 8.06. The smallest absolute Gasteiger partial charge is 0.301 e. The molecule has 0 bridgehead atoms. The Morgan fingerprint density at radius 1 is 1.47 bits per heavy atom. The summed E-state index contributed by atoms with van der Waals surface area (Å²) < 4.78 is 5.13. The SMILES string of the molecule is O/N=c1\oc2ccc(Cl)cc2nc1NO. The topological polar surface area (TPSA) is 90.9 Å². The Balaban J connectivity index is 2.82. The van der Waals surface area contributed by atoms with Gasteiger partial charge in [-0.25, -0.2) is 10.5 Å². The number of nitrogens with zero attached hydrogens (tertiary/aromatic N) is 2. The molecule has 0 aliphatic rings. The maximum Gasteiger partial charge on any atom is 0.301 e. The van der Waals surface area contributed by atoms with Crippen molar-refractivity contribution in [3.8, 4) is 0 Å². The first-order valence-electron chi connectivity index (χ1n) is 3.93. The van der Waals surface area contributed by atoms with Crippen LogP contribution >= 0.6 is 11.6 Å². The molecule has 0 unspecified atom stereocenters. The van der Waals surface area contributed by atoms with E-state index in [1.165, 1.54) is 0 Å². The van der Waals surface area contributed by atoms with Gasteiger partial charge in [0.2, 0.25) is 5.82 Å². The van der Waals surface area contributed by atoms with Crippen molar-refractivity contribution in [3.63, 3.8) is 0 Å². The number of rotatable bonds is 1. The van der Waals surface area contributed by atoms with Crippen LogP contribution in [0.1, 0.15) is 0 Å². The normalized spacial score (nSPS) is 12.0. The minimum absolute atomic E-state index is 0.0905. The highest BCUT2D eigenvalue weighted by atomic mass is 35.5. The van der Waals surface area contributed by atoms with E-state index >= 15 is 0 Å². The minimum Gasteiger partial charge on any atom is -0.432 e. The first-order valence-corrected chi connectivity index (χ1v) is 4.31. The fraction of sp³-hybridized carbons (Fsp3) is 0. The minimum atomic E-state index is -0.215. The van der Waals surface area contributed by atoms with E-state index in [9.17, 15) is 0 Å². The van der Waals surface area contributed by atoms with Crippen molar-refractivity contribution >= 4 is 28.5 Å². The fourth-order valence-corrected chi connectivity index (χ4v) is 1.29. The molecule has 0 amide bonds. The van der Waals surface area contributed by atoms with Gasteiger partial charge in [0.25, 0.3) is 0 Å². The molecule has 15 heavy (non-hydrogen) atoms. The highest BCUT2D eigenvalue weighted by molar-refractivity contribution is 6.31. The van der Waals surface area contributed by atoms with Gasteiger partial charge in [-0.3, -0.25) is 5.21 Å². The van der Waals surface area contributed by atoms with Crippen molar-refractivity contribution in [1.82, 2.24) is 4.98 Å². The van der Waals surface area contributed by atoms with Crippen LogP contribution in [0.25, 0.3) is 11.1 Å². The second kappa shape index (κ2) is 3.76. The summed E-state index contributed by atoms with van der Waals surface area (Å²) in [5, 5.41) is 20.6. The molecule has 0 fully saturated rings. The molecule has 0 aliphatic carbocycles. The van der Waals surface area contributed by atoms with Gasteiger partial charge in [0.05, 0.1) is 0 Å². The van der Waals surface area contributed by atoms with Crippen LogP contribution in [0.2, 0.25) is 5.02 Å². The Kier molecular flexibility index (Phi) is 2.44. The van der Waals surface area contributed by atoms with Crippen LogP contribution in [-0.4, -0.2) is 15.4 Å². The summed E-state index contributed by atoms with van der Waals surface area (Å²) in [6.07, 6.45) is 0. The maximum atomic E-state index is 8.70. The Bertz CT molecular complexity index is 567. The van der Waals surface area contributed by atoms with E-state index in [0.717, 1.165) is 0 Å². The average molecular weight is 228 g/mol. The predicted molar refractivity (Wildman–Crippen MR) is 51.8 cm³/mol. The van der Waals surface area contributed by atoms with Crippen molar-refractivity contribution in [2.75, 3.05) is 5.48 Å². The second-order valence-electron chi connectivity index (χ2n) is 2.69. The molecule has 2 aromatic rings. The number of benzene rings is 1. The van der Waals surface area contributed by atoms with Crippen molar-refractivity contribution in [3.05, 3.63) is 28.8 Å². The number of hydrogen-bond acceptors (Lipinski definition) is 6. The lowest BCUT2D eigenvalue weighted by Gasteiger charge is -2.00. The molecule has 1 heterocycles. The van der Waals surface area contributed by atoms with E-state index < -0.39 is 0 Å². The van der Waals surface area contributed by atoms with Crippen molar-refractivity contribution in [2.24, 2.45) is 5.16 Å². The van der Waals surface area contributed by atoms with Gasteiger partial charge >= 0.3 is 5.55 Å². The van der Waals surface area contributed by atoms with E-state index in [1.54, 1.807) is 23.7 Å². The number of aromatic nitrogens is 1. The van der Waals surface area contributed by atoms with Gasteiger partial charge in [0, 0.05) is 5.02 Å². The predicted octanol–water partition coefficient (Wildman–Crippen LogP) is 1.57. The third kappa shape index (κ3) is 1.72. The zero-order chi connectivity index (χ0) is 10.8. The highest BCUT2D eigenvalue weighted by Crippen LogP contribution is 2.17. The summed E-state index contributed by atoms with van der Waals surface area (Å²) in [7, 11) is 0. The van der Waals surface area contributed by atoms with E-state index in [0.29, 0.717) is 16.1 Å². The molecule has 0 saturated heterocycles. The lowest BCUT2D eigenvalue weighted by molar-refractivity contribution is 0.274. The first kappa shape index (κ1) is 9.75. The van der Waals surface area contributed by atoms with Gasteiger partial charge < -0.3 is 9.62 Å². The summed E-state index contributed by atoms with van der Waals surface area (Å²) >= 11 is 5.75. The molecule has 78 valence electrons. The monoisotopic (exact) mass is 227 g/mol. The number of halogens is 1. The Morgan fingerprint density at radius 2 is 2.27 bits per heavy atom. The van der Waals surface area contributed by atoms with Crippen molar-refractivity contribution in [1.29, 1.82) is 0 Å². The fourth-order valence-electron chi connectivity index (χ4n) is 1.13. The highest BCUT2D eigenvalue weighted by Gasteiger charge is 2.05. The van der Waals surface area contributed by atoms with E-state index in [1.807, 2.05) is 0 Å². The van der Waals surface area contributed by atoms with Gasteiger partial charge in [0.1, 0.15) is 5.52 Å². The number of hydrogen-bond donors (Lipinski definition) is 3. The molecule has 0 atom stereocenters. The van der Waals surface area contributed by atoms with Gasteiger partial charge in [0.15, 0.2) is 5.58 Å². The lowest BCUT2D eigenvalue weighted by atomic mass is 10.3. The van der Waals surface area contributed by atoms with Gasteiger partial charge in [-0.1, -0.05) is 11.6 Å². The molecule has 1 aromatic carbocycles. The molecule has 0 radical (unpaired) electrons. The number of fused-ring (bicyclic) bond motifs is 1. The molecule has 1 aromatic heterocycles. The summed E-state index contributed by atoms with van der Waals surface area (Å²) in [5.41, 5.74) is 2.37. The molecular formula is C8H6ClN3O3. The van der Waals surface area contributed by atoms with Crippen LogP contribution < -0.4 is 11.0 Å². The third-order valence-corrected chi connectivity index (χ3v) is 1.99. The Hall–Kier alpha value is -1.79. The maximum absolute atomic E-state index is 8.70. The number of nitrogens with one attached hydrogen (secondary N) is 1. The van der Waals surface area contributed by atoms with Crippen LogP contribution in [0.4, 0.5) is 5.82 Å². The summed E-state index contributed by atoms with van der Waals surface area (Å²) in [6, 6.07) is 4.76. The Labute approximate surface area is 88.4 Å². The van der Waals surface area contributed by atoms with E-state index in [2.05, 4.69) is 10.1 Å². The summed E-state index contributed by atoms with van der Waals surface area (Å²) in [5.74, 6) is -0.0905. The average Bonchev–Trinajstić information content (AvgIpc) is 2.27. The van der Waals surface area contributed by atoms with Crippen LogP contribution in [0, 0.1) is 0 Å². The summed E-state index contributed by atoms with van der Waals surface area (Å²) in [4.78, 5) is 3.93. The van der Waals surface area contributed by atoms with E-state index in [4.69, 9.17) is 26.4 Å². The first-order chi connectivity index (χ1) is 7.24. The van der Waals surface area contributed by atoms with E-state index in [-0.39, 0.29) is 11.4 Å². The standard InChI is InChI=1S/C8H6ClN3O3/c9-4-1-2-6-5(3-4)10-7(11-13)8(12-14)15-6/h1-3,13-14H,(H,10,11)/b12-8-. The molecule has 0 spiro atoms. The molecule has 0 aliphatic heterocycles. The van der Waals surface area contributed by atoms with Crippen molar-refractivity contribution in [2.45, 2.75) is 0 Å². The van der Waals surface area contributed by atoms with Gasteiger partial charge in [-0.2, -0.15) is 0 Å².